The Labute approximate surface area is 114 Å². The van der Waals surface area contributed by atoms with Crippen molar-refractivity contribution in [2.24, 2.45) is 0 Å². The molecule has 0 radical (unpaired) electrons. The normalized spacial score (nSPS) is 14.3. The Morgan fingerprint density at radius 2 is 2.16 bits per heavy atom. The highest BCUT2D eigenvalue weighted by Gasteiger charge is 2.32. The third-order valence-electron chi connectivity index (χ3n) is 3.33. The summed E-state index contributed by atoms with van der Waals surface area (Å²) in [4.78, 5) is 13.8. The average Bonchev–Trinajstić information content (AvgIpc) is 3.18. The minimum absolute atomic E-state index is 0.00575. The van der Waals surface area contributed by atoms with Crippen LogP contribution in [0, 0.1) is 13.8 Å². The van der Waals surface area contributed by atoms with Gasteiger partial charge in [0.25, 0.3) is 5.91 Å². The van der Waals surface area contributed by atoms with Crippen LogP contribution >= 0.6 is 0 Å². The van der Waals surface area contributed by atoms with Gasteiger partial charge in [0.2, 0.25) is 0 Å². The van der Waals surface area contributed by atoms with E-state index >= 15 is 0 Å². The fourth-order valence-electron chi connectivity index (χ4n) is 2.19. The summed E-state index contributed by atoms with van der Waals surface area (Å²) >= 11 is 0. The average molecular weight is 263 g/mol. The van der Waals surface area contributed by atoms with Crippen LogP contribution < -0.4 is 4.74 Å². The zero-order chi connectivity index (χ0) is 13.8. The molecule has 4 heteroatoms. The zero-order valence-electron chi connectivity index (χ0n) is 11.6. The van der Waals surface area contributed by atoms with Gasteiger partial charge in [0.05, 0.1) is 6.61 Å². The fraction of sp³-hybridized carbons (Fsp3) is 0.533. The van der Waals surface area contributed by atoms with Gasteiger partial charge in [-0.15, -0.1) is 0 Å². The van der Waals surface area contributed by atoms with Crippen LogP contribution in [0.1, 0.15) is 24.0 Å². The van der Waals surface area contributed by atoms with Gasteiger partial charge in [0, 0.05) is 12.6 Å². The van der Waals surface area contributed by atoms with Crippen LogP contribution in [0.5, 0.6) is 5.75 Å². The minimum Gasteiger partial charge on any atom is -0.484 e. The van der Waals surface area contributed by atoms with Crippen molar-refractivity contribution in [3.05, 3.63) is 29.3 Å². The minimum atomic E-state index is -0.0449. The molecule has 0 spiro atoms. The summed E-state index contributed by atoms with van der Waals surface area (Å²) in [7, 11) is 0. The molecule has 0 saturated heterocycles. The van der Waals surface area contributed by atoms with E-state index in [9.17, 15) is 4.79 Å². The van der Waals surface area contributed by atoms with Gasteiger partial charge in [0.1, 0.15) is 5.75 Å². The number of nitrogens with zero attached hydrogens (tertiary/aromatic N) is 1. The van der Waals surface area contributed by atoms with Crippen molar-refractivity contribution in [1.29, 1.82) is 0 Å². The second-order valence-electron chi connectivity index (χ2n) is 5.10. The van der Waals surface area contributed by atoms with E-state index in [2.05, 4.69) is 0 Å². The van der Waals surface area contributed by atoms with Gasteiger partial charge in [-0.1, -0.05) is 17.7 Å². The standard InChI is InChI=1S/C15H21NO3/c1-11-3-6-14(12(2)9-11)19-10-15(18)16(7-8-17)13-4-5-13/h3,6,9,13,17H,4-5,7-8,10H2,1-2H3. The zero-order valence-corrected chi connectivity index (χ0v) is 11.6. The first kappa shape index (κ1) is 13.9. The number of carbonyl (C=O) groups is 1. The van der Waals surface area contributed by atoms with Crippen LogP contribution in [0.4, 0.5) is 0 Å². The van der Waals surface area contributed by atoms with Crippen molar-refractivity contribution < 1.29 is 14.6 Å². The number of hydrogen-bond donors (Lipinski definition) is 1. The van der Waals surface area contributed by atoms with E-state index in [4.69, 9.17) is 9.84 Å². The molecule has 19 heavy (non-hydrogen) atoms. The van der Waals surface area contributed by atoms with E-state index in [1.165, 1.54) is 5.56 Å². The highest BCUT2D eigenvalue weighted by atomic mass is 16.5. The van der Waals surface area contributed by atoms with Crippen LogP contribution in [0.2, 0.25) is 0 Å². The molecule has 1 aliphatic rings. The van der Waals surface area contributed by atoms with Gasteiger partial charge in [0.15, 0.2) is 6.61 Å². The van der Waals surface area contributed by atoms with Crippen LogP contribution in [-0.2, 0) is 4.79 Å². The Balaban J connectivity index is 1.91. The molecule has 104 valence electrons. The number of ether oxygens (including phenoxy) is 1. The number of aliphatic hydroxyl groups excluding tert-OH is 1. The Kier molecular flexibility index (Phi) is 4.43. The lowest BCUT2D eigenvalue weighted by Gasteiger charge is -2.21. The molecule has 1 fully saturated rings. The third-order valence-corrected chi connectivity index (χ3v) is 3.33. The molecule has 0 aromatic heterocycles. The first-order chi connectivity index (χ1) is 9.11. The van der Waals surface area contributed by atoms with E-state index in [1.54, 1.807) is 4.90 Å². The molecule has 1 aliphatic carbocycles. The summed E-state index contributed by atoms with van der Waals surface area (Å²) in [5, 5.41) is 8.99. The maximum absolute atomic E-state index is 12.1. The van der Waals surface area contributed by atoms with Crippen molar-refractivity contribution >= 4 is 5.91 Å². The largest absolute Gasteiger partial charge is 0.484 e. The third kappa shape index (κ3) is 3.70. The predicted octanol–water partition coefficient (Wildman–Crippen LogP) is 1.67. The molecule has 1 aromatic carbocycles. The van der Waals surface area contributed by atoms with Crippen LogP contribution in [0.3, 0.4) is 0 Å². The van der Waals surface area contributed by atoms with E-state index < -0.39 is 0 Å². The summed E-state index contributed by atoms with van der Waals surface area (Å²) in [6.07, 6.45) is 2.07. The van der Waals surface area contributed by atoms with Crippen molar-refractivity contribution in [3.8, 4) is 5.75 Å². The van der Waals surface area contributed by atoms with Crippen LogP contribution in [0.15, 0.2) is 18.2 Å². The summed E-state index contributed by atoms with van der Waals surface area (Å²) in [6.45, 7) is 4.45. The number of aryl methyl sites for hydroxylation is 2. The predicted molar refractivity (Wildman–Crippen MR) is 73.2 cm³/mol. The SMILES string of the molecule is Cc1ccc(OCC(=O)N(CCO)C2CC2)c(C)c1. The molecule has 0 atom stereocenters. The molecule has 2 rings (SSSR count). The second-order valence-corrected chi connectivity index (χ2v) is 5.10. The second kappa shape index (κ2) is 6.06. The first-order valence-corrected chi connectivity index (χ1v) is 6.72. The molecule has 1 N–H and O–H groups in total. The van der Waals surface area contributed by atoms with Crippen LogP contribution in [0.25, 0.3) is 0 Å². The highest BCUT2D eigenvalue weighted by molar-refractivity contribution is 5.78. The van der Waals surface area contributed by atoms with Crippen LogP contribution in [-0.4, -0.2) is 41.7 Å². The molecule has 1 saturated carbocycles. The smallest absolute Gasteiger partial charge is 0.260 e. The van der Waals surface area contributed by atoms with Crippen molar-refractivity contribution in [2.45, 2.75) is 32.7 Å². The lowest BCUT2D eigenvalue weighted by Crippen LogP contribution is -2.38. The number of hydrogen-bond acceptors (Lipinski definition) is 3. The molecule has 4 nitrogen and oxygen atoms in total. The van der Waals surface area contributed by atoms with Crippen molar-refractivity contribution in [1.82, 2.24) is 4.90 Å². The quantitative estimate of drug-likeness (QED) is 0.849. The van der Waals surface area contributed by atoms with Gasteiger partial charge >= 0.3 is 0 Å². The number of amides is 1. The molecule has 0 aliphatic heterocycles. The topological polar surface area (TPSA) is 49.8 Å². The Morgan fingerprint density at radius 1 is 1.42 bits per heavy atom. The molecular formula is C15H21NO3. The summed E-state index contributed by atoms with van der Waals surface area (Å²) in [6, 6.07) is 6.21. The summed E-state index contributed by atoms with van der Waals surface area (Å²) < 4.78 is 5.59. The van der Waals surface area contributed by atoms with E-state index in [-0.39, 0.29) is 19.1 Å². The van der Waals surface area contributed by atoms with E-state index in [0.717, 1.165) is 24.2 Å². The maximum Gasteiger partial charge on any atom is 0.260 e. The molecule has 1 amide bonds. The Hall–Kier alpha value is -1.55. The van der Waals surface area contributed by atoms with Crippen molar-refractivity contribution in [2.75, 3.05) is 19.8 Å². The molecular weight excluding hydrogens is 242 g/mol. The molecule has 0 bridgehead atoms. The van der Waals surface area contributed by atoms with E-state index in [0.29, 0.717) is 12.6 Å². The van der Waals surface area contributed by atoms with Gasteiger partial charge in [-0.2, -0.15) is 0 Å². The first-order valence-electron chi connectivity index (χ1n) is 6.72. The number of carbonyl (C=O) groups excluding carboxylic acids is 1. The van der Waals surface area contributed by atoms with Gasteiger partial charge in [-0.25, -0.2) is 0 Å². The lowest BCUT2D eigenvalue weighted by atomic mass is 10.1. The van der Waals surface area contributed by atoms with Gasteiger partial charge in [-0.3, -0.25) is 4.79 Å². The molecule has 1 aromatic rings. The summed E-state index contributed by atoms with van der Waals surface area (Å²) in [5.74, 6) is 0.704. The lowest BCUT2D eigenvalue weighted by molar-refractivity contribution is -0.134. The molecule has 0 unspecified atom stereocenters. The Bertz CT molecular complexity index is 455. The maximum atomic E-state index is 12.1. The number of rotatable bonds is 6. The number of aliphatic hydroxyl groups is 1. The summed E-state index contributed by atoms with van der Waals surface area (Å²) in [5.41, 5.74) is 2.21. The van der Waals surface area contributed by atoms with Gasteiger partial charge < -0.3 is 14.7 Å². The number of benzene rings is 1. The molecule has 0 heterocycles. The van der Waals surface area contributed by atoms with Gasteiger partial charge in [-0.05, 0) is 38.3 Å². The van der Waals surface area contributed by atoms with E-state index in [1.807, 2.05) is 32.0 Å². The highest BCUT2D eigenvalue weighted by Crippen LogP contribution is 2.27. The van der Waals surface area contributed by atoms with Crippen molar-refractivity contribution in [3.63, 3.8) is 0 Å². The Morgan fingerprint density at radius 3 is 2.74 bits per heavy atom. The monoisotopic (exact) mass is 263 g/mol. The fourth-order valence-corrected chi connectivity index (χ4v) is 2.19.